The lowest BCUT2D eigenvalue weighted by molar-refractivity contribution is -0.136. The summed E-state index contributed by atoms with van der Waals surface area (Å²) in [5.41, 5.74) is 7.27. The predicted molar refractivity (Wildman–Crippen MR) is 69.4 cm³/mol. The topological polar surface area (TPSA) is 83.6 Å². The van der Waals surface area contributed by atoms with E-state index in [9.17, 15) is 9.59 Å². The Balaban J connectivity index is 3.01. The van der Waals surface area contributed by atoms with Gasteiger partial charge in [0.05, 0.1) is 6.04 Å². The average Bonchev–Trinajstić information content (AvgIpc) is 2.35. The Morgan fingerprint density at radius 1 is 1.33 bits per heavy atom. The zero-order valence-electron chi connectivity index (χ0n) is 10.6. The summed E-state index contributed by atoms with van der Waals surface area (Å²) in [5.74, 6) is -1.43. The van der Waals surface area contributed by atoms with Crippen LogP contribution in [0.2, 0.25) is 0 Å². The molecule has 0 saturated carbocycles. The number of aliphatic carboxylic acids is 1. The third-order valence-electron chi connectivity index (χ3n) is 2.66. The third kappa shape index (κ3) is 3.56. The van der Waals surface area contributed by atoms with Crippen LogP contribution in [0.15, 0.2) is 24.3 Å². The molecule has 0 bridgehead atoms. The maximum absolute atomic E-state index is 12.0. The number of hydrogen-bond donors (Lipinski definition) is 2. The van der Waals surface area contributed by atoms with Gasteiger partial charge in [0.1, 0.15) is 6.54 Å². The number of benzene rings is 1. The number of nitrogens with zero attached hydrogens (tertiary/aromatic N) is 1. The zero-order valence-corrected chi connectivity index (χ0v) is 10.6. The van der Waals surface area contributed by atoms with E-state index >= 15 is 0 Å². The van der Waals surface area contributed by atoms with Gasteiger partial charge in [-0.3, -0.25) is 14.5 Å². The van der Waals surface area contributed by atoms with Crippen molar-refractivity contribution in [2.75, 3.05) is 11.4 Å². The summed E-state index contributed by atoms with van der Waals surface area (Å²) in [6, 6.07) is 6.42. The second-order valence-corrected chi connectivity index (χ2v) is 4.17. The van der Waals surface area contributed by atoms with E-state index in [1.807, 2.05) is 19.1 Å². The van der Waals surface area contributed by atoms with Crippen molar-refractivity contribution in [3.05, 3.63) is 29.8 Å². The van der Waals surface area contributed by atoms with Crippen molar-refractivity contribution in [1.29, 1.82) is 0 Å². The molecule has 0 fully saturated rings. The van der Waals surface area contributed by atoms with Crippen LogP contribution in [-0.2, 0) is 9.59 Å². The highest BCUT2D eigenvalue weighted by atomic mass is 16.4. The van der Waals surface area contributed by atoms with Crippen LogP contribution in [0.4, 0.5) is 5.69 Å². The monoisotopic (exact) mass is 250 g/mol. The molecule has 1 aromatic rings. The Morgan fingerprint density at radius 2 is 1.89 bits per heavy atom. The summed E-state index contributed by atoms with van der Waals surface area (Å²) in [6.45, 7) is 3.33. The largest absolute Gasteiger partial charge is 0.480 e. The molecule has 1 aromatic carbocycles. The Bertz CT molecular complexity index is 428. The van der Waals surface area contributed by atoms with Crippen molar-refractivity contribution in [3.8, 4) is 0 Å². The molecular weight excluding hydrogens is 232 g/mol. The van der Waals surface area contributed by atoms with Crippen LogP contribution in [0.25, 0.3) is 0 Å². The van der Waals surface area contributed by atoms with Gasteiger partial charge in [0.2, 0.25) is 5.91 Å². The molecule has 0 radical (unpaired) electrons. The number of carbonyl (C=O) groups excluding carboxylic acids is 1. The fourth-order valence-electron chi connectivity index (χ4n) is 1.53. The van der Waals surface area contributed by atoms with Gasteiger partial charge in [0.15, 0.2) is 0 Å². The minimum Gasteiger partial charge on any atom is -0.480 e. The standard InChI is InChI=1S/C13H18N2O3/c1-3-11(14)13(18)15(8-12(16)17)10-6-4-9(2)5-7-10/h4-7,11H,3,8,14H2,1-2H3,(H,16,17). The Labute approximate surface area is 106 Å². The highest BCUT2D eigenvalue weighted by Crippen LogP contribution is 2.16. The molecule has 0 heterocycles. The van der Waals surface area contributed by atoms with E-state index in [1.54, 1.807) is 19.1 Å². The minimum atomic E-state index is -1.06. The summed E-state index contributed by atoms with van der Waals surface area (Å²) in [7, 11) is 0. The van der Waals surface area contributed by atoms with Crippen molar-refractivity contribution >= 4 is 17.6 Å². The van der Waals surface area contributed by atoms with Crippen LogP contribution in [0.5, 0.6) is 0 Å². The SMILES string of the molecule is CCC(N)C(=O)N(CC(=O)O)c1ccc(C)cc1. The lowest BCUT2D eigenvalue weighted by Gasteiger charge is -2.23. The zero-order chi connectivity index (χ0) is 13.7. The molecule has 1 atom stereocenters. The molecule has 5 heteroatoms. The third-order valence-corrected chi connectivity index (χ3v) is 2.66. The summed E-state index contributed by atoms with van der Waals surface area (Å²) >= 11 is 0. The first-order valence-corrected chi connectivity index (χ1v) is 5.81. The second kappa shape index (κ2) is 6.16. The average molecular weight is 250 g/mol. The van der Waals surface area contributed by atoms with E-state index in [4.69, 9.17) is 10.8 Å². The first-order chi connectivity index (χ1) is 8.45. The van der Waals surface area contributed by atoms with Gasteiger partial charge in [0, 0.05) is 5.69 Å². The molecule has 1 rings (SSSR count). The van der Waals surface area contributed by atoms with E-state index in [-0.39, 0.29) is 12.5 Å². The van der Waals surface area contributed by atoms with Crippen LogP contribution < -0.4 is 10.6 Å². The second-order valence-electron chi connectivity index (χ2n) is 4.17. The summed E-state index contributed by atoms with van der Waals surface area (Å²) < 4.78 is 0. The highest BCUT2D eigenvalue weighted by Gasteiger charge is 2.23. The maximum Gasteiger partial charge on any atom is 0.323 e. The number of anilines is 1. The quantitative estimate of drug-likeness (QED) is 0.821. The number of nitrogens with two attached hydrogens (primary N) is 1. The molecule has 0 aromatic heterocycles. The normalized spacial score (nSPS) is 11.9. The molecule has 0 spiro atoms. The van der Waals surface area contributed by atoms with Gasteiger partial charge in [-0.15, -0.1) is 0 Å². The molecule has 3 N–H and O–H groups in total. The fraction of sp³-hybridized carbons (Fsp3) is 0.385. The minimum absolute atomic E-state index is 0.372. The van der Waals surface area contributed by atoms with Crippen molar-refractivity contribution in [3.63, 3.8) is 0 Å². The first-order valence-electron chi connectivity index (χ1n) is 5.81. The van der Waals surface area contributed by atoms with Crippen molar-refractivity contribution in [2.45, 2.75) is 26.3 Å². The Morgan fingerprint density at radius 3 is 2.33 bits per heavy atom. The van der Waals surface area contributed by atoms with Gasteiger partial charge in [-0.25, -0.2) is 0 Å². The van der Waals surface area contributed by atoms with Crippen LogP contribution in [0.1, 0.15) is 18.9 Å². The van der Waals surface area contributed by atoms with Crippen molar-refractivity contribution in [2.24, 2.45) is 5.73 Å². The van der Waals surface area contributed by atoms with Gasteiger partial charge in [-0.2, -0.15) is 0 Å². The molecule has 5 nitrogen and oxygen atoms in total. The van der Waals surface area contributed by atoms with E-state index in [0.29, 0.717) is 12.1 Å². The number of amides is 1. The molecule has 98 valence electrons. The van der Waals surface area contributed by atoms with Crippen LogP contribution in [0.3, 0.4) is 0 Å². The lowest BCUT2D eigenvalue weighted by atomic mass is 10.1. The number of aryl methyl sites for hydroxylation is 1. The molecular formula is C13H18N2O3. The molecule has 18 heavy (non-hydrogen) atoms. The van der Waals surface area contributed by atoms with Gasteiger partial charge in [0.25, 0.3) is 0 Å². The number of carbonyl (C=O) groups is 2. The van der Waals surface area contributed by atoms with Gasteiger partial charge < -0.3 is 10.8 Å². The smallest absolute Gasteiger partial charge is 0.323 e. The van der Waals surface area contributed by atoms with Crippen LogP contribution >= 0.6 is 0 Å². The molecule has 0 saturated heterocycles. The highest BCUT2D eigenvalue weighted by molar-refractivity contribution is 6.00. The van der Waals surface area contributed by atoms with Gasteiger partial charge in [-0.05, 0) is 25.5 Å². The Hall–Kier alpha value is -1.88. The molecule has 0 aliphatic rings. The van der Waals surface area contributed by atoms with E-state index in [0.717, 1.165) is 5.56 Å². The predicted octanol–water partition coefficient (Wildman–Crippen LogP) is 1.15. The molecule has 1 amide bonds. The van der Waals surface area contributed by atoms with E-state index in [2.05, 4.69) is 0 Å². The summed E-state index contributed by atoms with van der Waals surface area (Å²) in [4.78, 5) is 24.1. The van der Waals surface area contributed by atoms with E-state index < -0.39 is 12.0 Å². The fourth-order valence-corrected chi connectivity index (χ4v) is 1.53. The van der Waals surface area contributed by atoms with Crippen LogP contribution in [-0.4, -0.2) is 29.6 Å². The summed E-state index contributed by atoms with van der Waals surface area (Å²) in [6.07, 6.45) is 0.473. The van der Waals surface area contributed by atoms with Crippen LogP contribution in [0, 0.1) is 6.92 Å². The van der Waals surface area contributed by atoms with Crippen molar-refractivity contribution in [1.82, 2.24) is 0 Å². The maximum atomic E-state index is 12.0. The van der Waals surface area contributed by atoms with Crippen molar-refractivity contribution < 1.29 is 14.7 Å². The Kier molecular flexibility index (Phi) is 4.85. The lowest BCUT2D eigenvalue weighted by Crippen LogP contribution is -2.45. The van der Waals surface area contributed by atoms with Gasteiger partial charge >= 0.3 is 5.97 Å². The first kappa shape index (κ1) is 14.2. The molecule has 0 aliphatic heterocycles. The number of rotatable bonds is 5. The molecule has 0 aliphatic carbocycles. The number of carboxylic acid groups (broad SMARTS) is 1. The van der Waals surface area contributed by atoms with Gasteiger partial charge in [-0.1, -0.05) is 24.6 Å². The molecule has 1 unspecified atom stereocenters. The van der Waals surface area contributed by atoms with E-state index in [1.165, 1.54) is 4.90 Å². The number of hydrogen-bond acceptors (Lipinski definition) is 3. The summed E-state index contributed by atoms with van der Waals surface area (Å²) in [5, 5.41) is 8.87. The number of carboxylic acids is 1.